The van der Waals surface area contributed by atoms with E-state index in [0.717, 1.165) is 5.56 Å². The number of ether oxygens (including phenoxy) is 1. The zero-order valence-corrected chi connectivity index (χ0v) is 9.01. The van der Waals surface area contributed by atoms with Crippen LogP contribution >= 0.6 is 0 Å². The molecule has 1 saturated heterocycles. The minimum atomic E-state index is -0.149. The molecule has 3 heteroatoms. The fourth-order valence-corrected chi connectivity index (χ4v) is 1.85. The number of morpholine rings is 1. The number of likely N-dealkylation sites (N-methyl/N-ethyl adjacent to an activating group) is 1. The molecule has 1 aliphatic heterocycles. The first-order chi connectivity index (χ1) is 7.18. The van der Waals surface area contributed by atoms with Crippen LogP contribution < -0.4 is 0 Å². The van der Waals surface area contributed by atoms with E-state index < -0.39 is 0 Å². The highest BCUT2D eigenvalue weighted by atomic mass is 16.5. The second-order valence-electron chi connectivity index (χ2n) is 3.98. The zero-order valence-electron chi connectivity index (χ0n) is 9.01. The molecule has 15 heavy (non-hydrogen) atoms. The van der Waals surface area contributed by atoms with Crippen molar-refractivity contribution < 1.29 is 9.53 Å². The van der Waals surface area contributed by atoms with E-state index >= 15 is 0 Å². The van der Waals surface area contributed by atoms with Crippen molar-refractivity contribution in [2.24, 2.45) is 0 Å². The van der Waals surface area contributed by atoms with Gasteiger partial charge in [-0.15, -0.1) is 0 Å². The molecule has 0 aromatic heterocycles. The highest BCUT2D eigenvalue weighted by Crippen LogP contribution is 2.27. The molecule has 0 aliphatic carbocycles. The molecule has 0 radical (unpaired) electrons. The summed E-state index contributed by atoms with van der Waals surface area (Å²) in [5.74, 6) is -0.149. The predicted octanol–water partition coefficient (Wildman–Crippen LogP) is 1.60. The van der Waals surface area contributed by atoms with Crippen LogP contribution in [0, 0.1) is 0 Å². The van der Waals surface area contributed by atoms with Crippen LogP contribution in [0.1, 0.15) is 18.6 Å². The van der Waals surface area contributed by atoms with Crippen LogP contribution in [-0.4, -0.2) is 30.5 Å². The number of benzene rings is 1. The van der Waals surface area contributed by atoms with Gasteiger partial charge in [-0.2, -0.15) is 0 Å². The molecule has 0 saturated carbocycles. The van der Waals surface area contributed by atoms with Crippen LogP contribution in [-0.2, 0) is 9.53 Å². The number of hydrogen-bond donors (Lipinski definition) is 0. The van der Waals surface area contributed by atoms with Gasteiger partial charge < -0.3 is 4.74 Å². The summed E-state index contributed by atoms with van der Waals surface area (Å²) in [6.07, 6.45) is -0.141. The molecule has 1 heterocycles. The van der Waals surface area contributed by atoms with Crippen molar-refractivity contribution >= 4 is 5.97 Å². The molecular weight excluding hydrogens is 190 g/mol. The summed E-state index contributed by atoms with van der Waals surface area (Å²) in [5, 5.41) is 0. The van der Waals surface area contributed by atoms with Crippen LogP contribution in [0.3, 0.4) is 0 Å². The third-order valence-electron chi connectivity index (χ3n) is 2.90. The van der Waals surface area contributed by atoms with Crippen molar-refractivity contribution in [3.63, 3.8) is 0 Å². The Morgan fingerprint density at radius 2 is 2.00 bits per heavy atom. The molecule has 0 N–H and O–H groups in total. The Kier molecular flexibility index (Phi) is 2.73. The van der Waals surface area contributed by atoms with Gasteiger partial charge in [-0.3, -0.25) is 9.69 Å². The zero-order chi connectivity index (χ0) is 10.8. The number of hydrogen-bond acceptors (Lipinski definition) is 3. The summed E-state index contributed by atoms with van der Waals surface area (Å²) < 4.78 is 5.37. The number of rotatable bonds is 1. The van der Waals surface area contributed by atoms with Crippen LogP contribution in [0.5, 0.6) is 0 Å². The summed E-state index contributed by atoms with van der Waals surface area (Å²) in [5.41, 5.74) is 1.06. The monoisotopic (exact) mass is 205 g/mol. The van der Waals surface area contributed by atoms with E-state index in [2.05, 4.69) is 6.92 Å². The number of cyclic esters (lactones) is 1. The van der Waals surface area contributed by atoms with Crippen molar-refractivity contribution in [1.29, 1.82) is 0 Å². The van der Waals surface area contributed by atoms with Crippen molar-refractivity contribution in [2.75, 3.05) is 13.6 Å². The Morgan fingerprint density at radius 1 is 1.33 bits per heavy atom. The van der Waals surface area contributed by atoms with Gasteiger partial charge in [-0.1, -0.05) is 30.3 Å². The van der Waals surface area contributed by atoms with E-state index in [9.17, 15) is 4.79 Å². The highest BCUT2D eigenvalue weighted by molar-refractivity contribution is 5.73. The van der Waals surface area contributed by atoms with Gasteiger partial charge in [0.2, 0.25) is 0 Å². The van der Waals surface area contributed by atoms with Crippen molar-refractivity contribution in [3.05, 3.63) is 35.9 Å². The molecule has 1 aromatic rings. The summed E-state index contributed by atoms with van der Waals surface area (Å²) in [4.78, 5) is 13.4. The van der Waals surface area contributed by atoms with E-state index in [0.29, 0.717) is 6.54 Å². The lowest BCUT2D eigenvalue weighted by atomic mass is 10.0. The van der Waals surface area contributed by atoms with Crippen LogP contribution in [0.2, 0.25) is 0 Å². The first-order valence-electron chi connectivity index (χ1n) is 5.13. The van der Waals surface area contributed by atoms with Gasteiger partial charge >= 0.3 is 5.97 Å². The van der Waals surface area contributed by atoms with E-state index in [-0.39, 0.29) is 18.1 Å². The molecule has 2 rings (SSSR count). The van der Waals surface area contributed by atoms with Gasteiger partial charge in [0.15, 0.2) is 0 Å². The SMILES string of the molecule is C[C@@H]1[C@@H](c2ccccc2)OC(=O)CN1C. The molecule has 1 fully saturated rings. The summed E-state index contributed by atoms with van der Waals surface area (Å²) in [6.45, 7) is 2.45. The molecule has 1 aliphatic rings. The van der Waals surface area contributed by atoms with Gasteiger partial charge in [0.25, 0.3) is 0 Å². The van der Waals surface area contributed by atoms with Crippen molar-refractivity contribution in [3.8, 4) is 0 Å². The van der Waals surface area contributed by atoms with Gasteiger partial charge in [-0.25, -0.2) is 0 Å². The average molecular weight is 205 g/mol. The standard InChI is InChI=1S/C12H15NO2/c1-9-12(10-6-4-3-5-7-10)15-11(14)8-13(9)2/h3-7,9,12H,8H2,1-2H3/t9-,12+/m1/s1. The number of esters is 1. The Morgan fingerprint density at radius 3 is 2.67 bits per heavy atom. The summed E-state index contributed by atoms with van der Waals surface area (Å²) in [6, 6.07) is 10.1. The molecule has 0 amide bonds. The Labute approximate surface area is 89.7 Å². The Hall–Kier alpha value is -1.35. The maximum absolute atomic E-state index is 11.3. The average Bonchev–Trinajstić information content (AvgIpc) is 2.24. The minimum absolute atomic E-state index is 0.141. The second kappa shape index (κ2) is 4.03. The maximum Gasteiger partial charge on any atom is 0.320 e. The first kappa shape index (κ1) is 10.2. The normalized spacial score (nSPS) is 27.5. The van der Waals surface area contributed by atoms with E-state index in [1.54, 1.807) is 0 Å². The first-order valence-corrected chi connectivity index (χ1v) is 5.13. The van der Waals surface area contributed by atoms with Crippen molar-refractivity contribution in [2.45, 2.75) is 19.1 Å². The number of carbonyl (C=O) groups excluding carboxylic acids is 1. The van der Waals surface area contributed by atoms with Crippen LogP contribution in [0.15, 0.2) is 30.3 Å². The van der Waals surface area contributed by atoms with Crippen LogP contribution in [0.25, 0.3) is 0 Å². The maximum atomic E-state index is 11.3. The largest absolute Gasteiger partial charge is 0.455 e. The van der Waals surface area contributed by atoms with E-state index in [4.69, 9.17) is 4.74 Å². The van der Waals surface area contributed by atoms with Gasteiger partial charge in [0.1, 0.15) is 6.10 Å². The fourth-order valence-electron chi connectivity index (χ4n) is 1.85. The summed E-state index contributed by atoms with van der Waals surface area (Å²) >= 11 is 0. The molecule has 3 nitrogen and oxygen atoms in total. The minimum Gasteiger partial charge on any atom is -0.455 e. The quantitative estimate of drug-likeness (QED) is 0.652. The number of carbonyl (C=O) groups is 1. The molecular formula is C12H15NO2. The van der Waals surface area contributed by atoms with Gasteiger partial charge in [-0.05, 0) is 19.5 Å². The summed E-state index contributed by atoms with van der Waals surface area (Å²) in [7, 11) is 1.95. The molecule has 0 bridgehead atoms. The topological polar surface area (TPSA) is 29.5 Å². The molecule has 1 aromatic carbocycles. The molecule has 0 spiro atoms. The molecule has 80 valence electrons. The van der Waals surface area contributed by atoms with Gasteiger partial charge in [0, 0.05) is 6.04 Å². The van der Waals surface area contributed by atoms with Crippen molar-refractivity contribution in [1.82, 2.24) is 4.90 Å². The second-order valence-corrected chi connectivity index (χ2v) is 3.98. The lowest BCUT2D eigenvalue weighted by molar-refractivity contribution is -0.163. The highest BCUT2D eigenvalue weighted by Gasteiger charge is 2.32. The lowest BCUT2D eigenvalue weighted by Gasteiger charge is -2.36. The van der Waals surface area contributed by atoms with Crippen LogP contribution in [0.4, 0.5) is 0 Å². The predicted molar refractivity (Wildman–Crippen MR) is 57.4 cm³/mol. The Balaban J connectivity index is 2.24. The van der Waals surface area contributed by atoms with Gasteiger partial charge in [0.05, 0.1) is 6.54 Å². The third-order valence-corrected chi connectivity index (χ3v) is 2.90. The third kappa shape index (κ3) is 2.02. The van der Waals surface area contributed by atoms with E-state index in [1.165, 1.54) is 0 Å². The van der Waals surface area contributed by atoms with E-state index in [1.807, 2.05) is 42.3 Å². The lowest BCUT2D eigenvalue weighted by Crippen LogP contribution is -2.45. The Bertz CT molecular complexity index is 350. The fraction of sp³-hybridized carbons (Fsp3) is 0.417. The molecule has 0 unspecified atom stereocenters. The number of nitrogens with zero attached hydrogens (tertiary/aromatic N) is 1. The molecule has 2 atom stereocenters. The smallest absolute Gasteiger partial charge is 0.320 e.